The third-order valence-electron chi connectivity index (χ3n) is 4.80. The molecule has 2 aromatic carbocycles. The van der Waals surface area contributed by atoms with Crippen LogP contribution in [0.4, 0.5) is 5.82 Å². The smallest absolute Gasteiger partial charge is 0.161 e. The molecule has 26 heavy (non-hydrogen) atoms. The molecule has 0 fully saturated rings. The van der Waals surface area contributed by atoms with E-state index in [9.17, 15) is 5.11 Å². The standard InChI is InChI=1S/C21H21N3O2/c1-26-20-11-15(9-10-19(20)25)18-12-22-13-21(24-18)23-17-8-4-6-14-5-2-3-7-16(14)17/h2-3,5,7,9-13,17,25H,4,6,8H2,1H3,(H,23,24). The van der Waals surface area contributed by atoms with Crippen molar-refractivity contribution in [3.8, 4) is 22.8 Å². The fourth-order valence-corrected chi connectivity index (χ4v) is 3.49. The molecule has 0 bridgehead atoms. The SMILES string of the molecule is COc1cc(-c2cncc(NC3CCCc4ccccc43)n2)ccc1O. The largest absolute Gasteiger partial charge is 0.504 e. The molecule has 1 unspecified atom stereocenters. The Morgan fingerprint density at radius 2 is 2.04 bits per heavy atom. The van der Waals surface area contributed by atoms with E-state index >= 15 is 0 Å². The van der Waals surface area contributed by atoms with Crippen LogP contribution in [0.15, 0.2) is 54.9 Å². The summed E-state index contributed by atoms with van der Waals surface area (Å²) in [5.74, 6) is 1.28. The first kappa shape index (κ1) is 16.4. The van der Waals surface area contributed by atoms with Gasteiger partial charge in [0.25, 0.3) is 0 Å². The highest BCUT2D eigenvalue weighted by molar-refractivity contribution is 5.64. The third kappa shape index (κ3) is 3.20. The Morgan fingerprint density at radius 1 is 1.15 bits per heavy atom. The van der Waals surface area contributed by atoms with Crippen molar-refractivity contribution >= 4 is 5.82 Å². The van der Waals surface area contributed by atoms with Gasteiger partial charge in [-0.1, -0.05) is 24.3 Å². The van der Waals surface area contributed by atoms with Gasteiger partial charge in [-0.05, 0) is 48.6 Å². The predicted molar refractivity (Wildman–Crippen MR) is 101 cm³/mol. The molecule has 2 N–H and O–H groups in total. The maximum Gasteiger partial charge on any atom is 0.161 e. The number of aromatic nitrogens is 2. The quantitative estimate of drug-likeness (QED) is 0.734. The van der Waals surface area contributed by atoms with Gasteiger partial charge in [0.1, 0.15) is 5.82 Å². The molecule has 1 atom stereocenters. The summed E-state index contributed by atoms with van der Waals surface area (Å²) in [6.45, 7) is 0. The van der Waals surface area contributed by atoms with E-state index < -0.39 is 0 Å². The number of benzene rings is 2. The number of phenols is 1. The number of aryl methyl sites for hydroxylation is 1. The zero-order valence-corrected chi connectivity index (χ0v) is 14.6. The lowest BCUT2D eigenvalue weighted by molar-refractivity contribution is 0.373. The van der Waals surface area contributed by atoms with Gasteiger partial charge < -0.3 is 15.2 Å². The monoisotopic (exact) mass is 347 g/mol. The highest BCUT2D eigenvalue weighted by atomic mass is 16.5. The van der Waals surface area contributed by atoms with E-state index in [0.29, 0.717) is 5.75 Å². The van der Waals surface area contributed by atoms with Crippen molar-refractivity contribution in [2.45, 2.75) is 25.3 Å². The van der Waals surface area contributed by atoms with Crippen LogP contribution in [0.2, 0.25) is 0 Å². The minimum atomic E-state index is 0.109. The molecule has 1 aliphatic rings. The number of anilines is 1. The number of nitrogens with zero attached hydrogens (tertiary/aromatic N) is 2. The molecule has 5 nitrogen and oxygen atoms in total. The topological polar surface area (TPSA) is 67.3 Å². The van der Waals surface area contributed by atoms with Gasteiger partial charge in [0, 0.05) is 5.56 Å². The summed E-state index contributed by atoms with van der Waals surface area (Å²) in [7, 11) is 1.53. The van der Waals surface area contributed by atoms with Crippen LogP contribution in [-0.2, 0) is 6.42 Å². The first-order chi connectivity index (χ1) is 12.7. The van der Waals surface area contributed by atoms with E-state index in [4.69, 9.17) is 9.72 Å². The summed E-state index contributed by atoms with van der Waals surface area (Å²) >= 11 is 0. The number of rotatable bonds is 4. The Morgan fingerprint density at radius 3 is 2.92 bits per heavy atom. The number of ether oxygens (including phenoxy) is 1. The van der Waals surface area contributed by atoms with E-state index in [0.717, 1.165) is 36.3 Å². The molecule has 5 heteroatoms. The molecule has 132 valence electrons. The molecular weight excluding hydrogens is 326 g/mol. The Labute approximate surface area is 152 Å². The van der Waals surface area contributed by atoms with Gasteiger partial charge in [-0.15, -0.1) is 0 Å². The van der Waals surface area contributed by atoms with Crippen molar-refractivity contribution in [2.75, 3.05) is 12.4 Å². The van der Waals surface area contributed by atoms with Crippen LogP contribution in [0.3, 0.4) is 0 Å². The normalized spacial score (nSPS) is 16.0. The number of methoxy groups -OCH3 is 1. The maximum atomic E-state index is 9.77. The lowest BCUT2D eigenvalue weighted by atomic mass is 9.88. The highest BCUT2D eigenvalue weighted by Crippen LogP contribution is 2.33. The Kier molecular flexibility index (Phi) is 4.44. The summed E-state index contributed by atoms with van der Waals surface area (Å²) in [6, 6.07) is 14.0. The van der Waals surface area contributed by atoms with Gasteiger partial charge >= 0.3 is 0 Å². The molecule has 4 rings (SSSR count). The number of nitrogens with one attached hydrogen (secondary N) is 1. The van der Waals surface area contributed by atoms with Crippen LogP contribution in [0.5, 0.6) is 11.5 Å². The summed E-state index contributed by atoms with van der Waals surface area (Å²) in [5.41, 5.74) is 4.33. The van der Waals surface area contributed by atoms with Crippen LogP contribution < -0.4 is 10.1 Å². The fourth-order valence-electron chi connectivity index (χ4n) is 3.49. The second-order valence-electron chi connectivity index (χ2n) is 6.46. The van der Waals surface area contributed by atoms with Gasteiger partial charge in [-0.25, -0.2) is 4.98 Å². The van der Waals surface area contributed by atoms with Crippen LogP contribution in [0, 0.1) is 0 Å². The minimum Gasteiger partial charge on any atom is -0.504 e. The number of phenolic OH excluding ortho intramolecular Hbond substituents is 1. The van der Waals surface area contributed by atoms with E-state index in [1.165, 1.54) is 18.2 Å². The van der Waals surface area contributed by atoms with Gasteiger partial charge in [0.2, 0.25) is 0 Å². The van der Waals surface area contributed by atoms with Crippen molar-refractivity contribution in [3.05, 3.63) is 66.0 Å². The van der Waals surface area contributed by atoms with E-state index in [-0.39, 0.29) is 11.8 Å². The lowest BCUT2D eigenvalue weighted by Crippen LogP contribution is -2.18. The van der Waals surface area contributed by atoms with Gasteiger partial charge in [-0.2, -0.15) is 0 Å². The van der Waals surface area contributed by atoms with Crippen LogP contribution in [0.25, 0.3) is 11.3 Å². The second-order valence-corrected chi connectivity index (χ2v) is 6.46. The first-order valence-electron chi connectivity index (χ1n) is 8.78. The number of hydrogen-bond donors (Lipinski definition) is 2. The number of aromatic hydroxyl groups is 1. The van der Waals surface area contributed by atoms with Crippen molar-refractivity contribution < 1.29 is 9.84 Å². The summed E-state index contributed by atoms with van der Waals surface area (Å²) < 4.78 is 5.18. The average molecular weight is 347 g/mol. The van der Waals surface area contributed by atoms with E-state index in [1.807, 2.05) is 6.07 Å². The molecule has 0 aliphatic heterocycles. The third-order valence-corrected chi connectivity index (χ3v) is 4.80. The lowest BCUT2D eigenvalue weighted by Gasteiger charge is -2.26. The summed E-state index contributed by atoms with van der Waals surface area (Å²) in [6.07, 6.45) is 6.84. The molecule has 0 spiro atoms. The van der Waals surface area contributed by atoms with Gasteiger partial charge in [0.05, 0.1) is 31.2 Å². The van der Waals surface area contributed by atoms with Crippen molar-refractivity contribution in [3.63, 3.8) is 0 Å². The fraction of sp³-hybridized carbons (Fsp3) is 0.238. The molecule has 1 aromatic heterocycles. The minimum absolute atomic E-state index is 0.109. The number of fused-ring (bicyclic) bond motifs is 1. The molecule has 1 heterocycles. The Balaban J connectivity index is 1.61. The predicted octanol–water partition coefficient (Wildman–Crippen LogP) is 4.35. The molecular formula is C21H21N3O2. The molecule has 0 radical (unpaired) electrons. The van der Waals surface area contributed by atoms with Crippen LogP contribution in [0.1, 0.15) is 30.0 Å². The van der Waals surface area contributed by atoms with E-state index in [1.54, 1.807) is 24.5 Å². The van der Waals surface area contributed by atoms with Gasteiger partial charge in [-0.3, -0.25) is 4.98 Å². The van der Waals surface area contributed by atoms with Crippen LogP contribution in [-0.4, -0.2) is 22.2 Å². The zero-order valence-electron chi connectivity index (χ0n) is 14.6. The van der Waals surface area contributed by atoms with Crippen molar-refractivity contribution in [2.24, 2.45) is 0 Å². The van der Waals surface area contributed by atoms with Crippen molar-refractivity contribution in [1.29, 1.82) is 0 Å². The molecule has 0 amide bonds. The average Bonchev–Trinajstić information content (AvgIpc) is 2.69. The highest BCUT2D eigenvalue weighted by Gasteiger charge is 2.20. The molecule has 1 aliphatic carbocycles. The summed E-state index contributed by atoms with van der Waals surface area (Å²) in [4.78, 5) is 9.04. The zero-order chi connectivity index (χ0) is 17.9. The molecule has 3 aromatic rings. The maximum absolute atomic E-state index is 9.77. The second kappa shape index (κ2) is 7.04. The van der Waals surface area contributed by atoms with E-state index in [2.05, 4.69) is 34.6 Å². The molecule has 0 saturated heterocycles. The van der Waals surface area contributed by atoms with Gasteiger partial charge in [0.15, 0.2) is 11.5 Å². The van der Waals surface area contributed by atoms with Crippen LogP contribution >= 0.6 is 0 Å². The first-order valence-corrected chi connectivity index (χ1v) is 8.78. The van der Waals surface area contributed by atoms with Crippen molar-refractivity contribution in [1.82, 2.24) is 9.97 Å². The summed E-state index contributed by atoms with van der Waals surface area (Å²) in [5, 5.41) is 13.3. The Bertz CT molecular complexity index is 927. The number of hydrogen-bond acceptors (Lipinski definition) is 5. The molecule has 0 saturated carbocycles. The Hall–Kier alpha value is -3.08.